The summed E-state index contributed by atoms with van der Waals surface area (Å²) in [6.07, 6.45) is 4.18. The molecule has 0 radical (unpaired) electrons. The van der Waals surface area contributed by atoms with Gasteiger partial charge in [-0.1, -0.05) is 12.1 Å². The summed E-state index contributed by atoms with van der Waals surface area (Å²) < 4.78 is 28.1. The van der Waals surface area contributed by atoms with E-state index in [2.05, 4.69) is 20.4 Å². The second kappa shape index (κ2) is 7.19. The first-order valence-electron chi connectivity index (χ1n) is 6.79. The average Bonchev–Trinajstić information content (AvgIpc) is 2.99. The van der Waals surface area contributed by atoms with Gasteiger partial charge in [-0.3, -0.25) is 4.68 Å². The Bertz CT molecular complexity index is 638. The molecule has 0 saturated heterocycles. The lowest BCUT2D eigenvalue weighted by molar-refractivity contribution is 0.581. The van der Waals surface area contributed by atoms with Crippen molar-refractivity contribution < 1.29 is 8.42 Å². The van der Waals surface area contributed by atoms with E-state index in [4.69, 9.17) is 0 Å². The fourth-order valence-electron chi connectivity index (χ4n) is 1.74. The number of nitrogens with zero attached hydrogens (tertiary/aromatic N) is 3. The summed E-state index contributed by atoms with van der Waals surface area (Å²) in [5.41, 5.74) is 0.865. The van der Waals surface area contributed by atoms with E-state index in [0.717, 1.165) is 12.1 Å². The SMILES string of the molecule is CCCNS(=O)(=O)c1ccc(NCCn2ccnn2)cc1. The largest absolute Gasteiger partial charge is 0.383 e. The monoisotopic (exact) mass is 309 g/mol. The minimum absolute atomic E-state index is 0.276. The van der Waals surface area contributed by atoms with Gasteiger partial charge in [-0.15, -0.1) is 5.10 Å². The highest BCUT2D eigenvalue weighted by Crippen LogP contribution is 2.13. The van der Waals surface area contributed by atoms with E-state index in [-0.39, 0.29) is 4.90 Å². The second-order valence-electron chi connectivity index (χ2n) is 4.52. The number of rotatable bonds is 8. The lowest BCUT2D eigenvalue weighted by Crippen LogP contribution is -2.24. The molecule has 0 bridgehead atoms. The zero-order valence-electron chi connectivity index (χ0n) is 11.9. The van der Waals surface area contributed by atoms with Crippen LogP contribution >= 0.6 is 0 Å². The van der Waals surface area contributed by atoms with Gasteiger partial charge in [-0.05, 0) is 30.7 Å². The Hall–Kier alpha value is -1.93. The molecule has 7 nitrogen and oxygen atoms in total. The fourth-order valence-corrected chi connectivity index (χ4v) is 2.87. The predicted molar refractivity (Wildman–Crippen MR) is 80.4 cm³/mol. The molecule has 8 heteroatoms. The molecule has 2 rings (SSSR count). The minimum atomic E-state index is -3.40. The molecule has 0 aliphatic heterocycles. The first-order chi connectivity index (χ1) is 10.1. The van der Waals surface area contributed by atoms with E-state index in [1.54, 1.807) is 41.3 Å². The third-order valence-electron chi connectivity index (χ3n) is 2.85. The van der Waals surface area contributed by atoms with Crippen molar-refractivity contribution in [1.29, 1.82) is 0 Å². The van der Waals surface area contributed by atoms with E-state index >= 15 is 0 Å². The van der Waals surface area contributed by atoms with Crippen molar-refractivity contribution in [2.75, 3.05) is 18.4 Å². The van der Waals surface area contributed by atoms with Crippen LogP contribution in [-0.2, 0) is 16.6 Å². The van der Waals surface area contributed by atoms with Crippen molar-refractivity contribution in [3.8, 4) is 0 Å². The highest BCUT2D eigenvalue weighted by atomic mass is 32.2. The zero-order valence-corrected chi connectivity index (χ0v) is 12.7. The third-order valence-corrected chi connectivity index (χ3v) is 4.33. The maximum atomic E-state index is 11.9. The van der Waals surface area contributed by atoms with E-state index in [0.29, 0.717) is 19.6 Å². The van der Waals surface area contributed by atoms with Crippen molar-refractivity contribution in [1.82, 2.24) is 19.7 Å². The Morgan fingerprint density at radius 2 is 1.95 bits per heavy atom. The predicted octanol–water partition coefficient (Wildman–Crippen LogP) is 1.08. The maximum absolute atomic E-state index is 11.9. The van der Waals surface area contributed by atoms with Gasteiger partial charge in [0.1, 0.15) is 0 Å². The third kappa shape index (κ3) is 4.54. The molecule has 0 aliphatic carbocycles. The van der Waals surface area contributed by atoms with Gasteiger partial charge in [0.2, 0.25) is 10.0 Å². The Morgan fingerprint density at radius 1 is 1.19 bits per heavy atom. The molecule has 114 valence electrons. The summed E-state index contributed by atoms with van der Waals surface area (Å²) in [5, 5.41) is 10.8. The van der Waals surface area contributed by atoms with E-state index in [1.165, 1.54) is 0 Å². The van der Waals surface area contributed by atoms with Gasteiger partial charge in [0.15, 0.2) is 0 Å². The number of sulfonamides is 1. The van der Waals surface area contributed by atoms with Crippen molar-refractivity contribution in [2.24, 2.45) is 0 Å². The van der Waals surface area contributed by atoms with Crippen LogP contribution in [0.15, 0.2) is 41.6 Å². The van der Waals surface area contributed by atoms with Crippen LogP contribution in [0.25, 0.3) is 0 Å². The van der Waals surface area contributed by atoms with Gasteiger partial charge in [0.05, 0.1) is 17.6 Å². The summed E-state index contributed by atoms with van der Waals surface area (Å²) in [5.74, 6) is 0. The molecular weight excluding hydrogens is 290 g/mol. The van der Waals surface area contributed by atoms with Crippen LogP contribution in [0.3, 0.4) is 0 Å². The average molecular weight is 309 g/mol. The van der Waals surface area contributed by atoms with Crippen LogP contribution in [0.5, 0.6) is 0 Å². The second-order valence-corrected chi connectivity index (χ2v) is 6.28. The number of hydrogen-bond acceptors (Lipinski definition) is 5. The zero-order chi connectivity index (χ0) is 15.1. The summed E-state index contributed by atoms with van der Waals surface area (Å²) in [6.45, 7) is 3.74. The van der Waals surface area contributed by atoms with Crippen LogP contribution in [0.1, 0.15) is 13.3 Å². The molecule has 0 fully saturated rings. The molecule has 1 aromatic carbocycles. The molecule has 2 N–H and O–H groups in total. The highest BCUT2D eigenvalue weighted by Gasteiger charge is 2.12. The van der Waals surface area contributed by atoms with Crippen molar-refractivity contribution in [3.63, 3.8) is 0 Å². The number of hydrogen-bond donors (Lipinski definition) is 2. The van der Waals surface area contributed by atoms with Crippen LogP contribution in [-0.4, -0.2) is 36.5 Å². The molecule has 0 atom stereocenters. The summed E-state index contributed by atoms with van der Waals surface area (Å²) in [4.78, 5) is 0.276. The first kappa shape index (κ1) is 15.5. The van der Waals surface area contributed by atoms with Crippen LogP contribution in [0, 0.1) is 0 Å². The number of benzene rings is 1. The normalized spacial score (nSPS) is 11.5. The van der Waals surface area contributed by atoms with E-state index in [1.807, 2.05) is 6.92 Å². The maximum Gasteiger partial charge on any atom is 0.240 e. The molecule has 0 saturated carbocycles. The quantitative estimate of drug-likeness (QED) is 0.761. The fraction of sp³-hybridized carbons (Fsp3) is 0.385. The molecule has 0 spiro atoms. The van der Waals surface area contributed by atoms with E-state index < -0.39 is 10.0 Å². The molecule has 21 heavy (non-hydrogen) atoms. The molecule has 0 unspecified atom stereocenters. The molecule has 2 aromatic rings. The number of aromatic nitrogens is 3. The van der Waals surface area contributed by atoms with Crippen LogP contribution < -0.4 is 10.0 Å². The van der Waals surface area contributed by atoms with Gasteiger partial charge in [-0.2, -0.15) is 0 Å². The molecule has 0 aliphatic rings. The van der Waals surface area contributed by atoms with Gasteiger partial charge in [0.25, 0.3) is 0 Å². The molecular formula is C13H19N5O2S. The van der Waals surface area contributed by atoms with Crippen LogP contribution in [0.4, 0.5) is 5.69 Å². The van der Waals surface area contributed by atoms with Crippen molar-refractivity contribution in [2.45, 2.75) is 24.8 Å². The molecule has 1 aromatic heterocycles. The van der Waals surface area contributed by atoms with Gasteiger partial charge in [-0.25, -0.2) is 13.1 Å². The Kier molecular flexibility index (Phi) is 5.29. The Morgan fingerprint density at radius 3 is 2.57 bits per heavy atom. The lowest BCUT2D eigenvalue weighted by atomic mass is 10.3. The number of nitrogens with one attached hydrogen (secondary N) is 2. The van der Waals surface area contributed by atoms with E-state index in [9.17, 15) is 8.42 Å². The standard InChI is InChI=1S/C13H19N5O2S/c1-2-7-16-21(19,20)13-5-3-12(4-6-13)14-8-10-18-11-9-15-17-18/h3-6,9,11,14,16H,2,7-8,10H2,1H3. The first-order valence-corrected chi connectivity index (χ1v) is 8.28. The smallest absolute Gasteiger partial charge is 0.240 e. The molecule has 1 heterocycles. The van der Waals surface area contributed by atoms with Gasteiger partial charge < -0.3 is 5.32 Å². The van der Waals surface area contributed by atoms with Crippen molar-refractivity contribution >= 4 is 15.7 Å². The van der Waals surface area contributed by atoms with Gasteiger partial charge in [0, 0.05) is 25.0 Å². The Labute approximate surface area is 124 Å². The highest BCUT2D eigenvalue weighted by molar-refractivity contribution is 7.89. The lowest BCUT2D eigenvalue weighted by Gasteiger charge is -2.08. The topological polar surface area (TPSA) is 88.9 Å². The summed E-state index contributed by atoms with van der Waals surface area (Å²) in [7, 11) is -3.40. The minimum Gasteiger partial charge on any atom is -0.383 e. The van der Waals surface area contributed by atoms with Crippen LogP contribution in [0.2, 0.25) is 0 Å². The van der Waals surface area contributed by atoms with Gasteiger partial charge >= 0.3 is 0 Å². The Balaban J connectivity index is 1.89. The number of anilines is 1. The summed E-state index contributed by atoms with van der Waals surface area (Å²) in [6, 6.07) is 6.69. The molecule has 0 amide bonds. The summed E-state index contributed by atoms with van der Waals surface area (Å²) >= 11 is 0. The van der Waals surface area contributed by atoms with Crippen molar-refractivity contribution in [3.05, 3.63) is 36.7 Å².